The molecule has 0 aliphatic rings. The van der Waals surface area contributed by atoms with Crippen LogP contribution in [0.1, 0.15) is 23.8 Å². The molecule has 2 amide bonds. The summed E-state index contributed by atoms with van der Waals surface area (Å²) in [5.74, 6) is 0.718. The van der Waals surface area contributed by atoms with E-state index >= 15 is 0 Å². The van der Waals surface area contributed by atoms with Gasteiger partial charge in [0.25, 0.3) is 0 Å². The third-order valence-corrected chi connectivity index (χ3v) is 4.02. The van der Waals surface area contributed by atoms with Crippen molar-refractivity contribution in [3.8, 4) is 5.75 Å². The monoisotopic (exact) mass is 318 g/mol. The van der Waals surface area contributed by atoms with Crippen LogP contribution in [0.2, 0.25) is 0 Å². The molecule has 2 N–H and O–H groups in total. The SMILES string of the molecule is CCCOc1cc(C)ccc1NC(=O)NCCc1cccs1. The van der Waals surface area contributed by atoms with Crippen LogP contribution in [-0.2, 0) is 6.42 Å². The molecule has 1 aromatic heterocycles. The summed E-state index contributed by atoms with van der Waals surface area (Å²) in [5, 5.41) is 7.76. The first-order valence-corrected chi connectivity index (χ1v) is 8.37. The Balaban J connectivity index is 1.87. The molecule has 0 radical (unpaired) electrons. The van der Waals surface area contributed by atoms with Gasteiger partial charge in [-0.1, -0.05) is 19.1 Å². The highest BCUT2D eigenvalue weighted by molar-refractivity contribution is 7.09. The first-order valence-electron chi connectivity index (χ1n) is 7.49. The lowest BCUT2D eigenvalue weighted by Gasteiger charge is -2.13. The molecule has 22 heavy (non-hydrogen) atoms. The van der Waals surface area contributed by atoms with Gasteiger partial charge in [0.05, 0.1) is 12.3 Å². The molecular weight excluding hydrogens is 296 g/mol. The Morgan fingerprint density at radius 2 is 2.18 bits per heavy atom. The fourth-order valence-corrected chi connectivity index (χ4v) is 2.69. The highest BCUT2D eigenvalue weighted by Crippen LogP contribution is 2.25. The Morgan fingerprint density at radius 3 is 2.91 bits per heavy atom. The summed E-state index contributed by atoms with van der Waals surface area (Å²) in [5.41, 5.74) is 1.81. The van der Waals surface area contributed by atoms with E-state index in [0.717, 1.165) is 24.2 Å². The molecule has 5 heteroatoms. The van der Waals surface area contributed by atoms with Gasteiger partial charge in [-0.2, -0.15) is 0 Å². The van der Waals surface area contributed by atoms with Gasteiger partial charge >= 0.3 is 6.03 Å². The molecule has 1 aromatic carbocycles. The summed E-state index contributed by atoms with van der Waals surface area (Å²) < 4.78 is 5.69. The summed E-state index contributed by atoms with van der Waals surface area (Å²) in [6.07, 6.45) is 1.78. The van der Waals surface area contributed by atoms with Crippen LogP contribution in [0.3, 0.4) is 0 Å². The van der Waals surface area contributed by atoms with Crippen LogP contribution in [0, 0.1) is 6.92 Å². The van der Waals surface area contributed by atoms with Crippen molar-refractivity contribution in [2.75, 3.05) is 18.5 Å². The summed E-state index contributed by atoms with van der Waals surface area (Å²) in [6.45, 7) is 5.31. The Kier molecular flexibility index (Phi) is 6.27. The highest BCUT2D eigenvalue weighted by atomic mass is 32.1. The largest absolute Gasteiger partial charge is 0.491 e. The van der Waals surface area contributed by atoms with Crippen LogP contribution in [0.15, 0.2) is 35.7 Å². The summed E-state index contributed by atoms with van der Waals surface area (Å²) in [6, 6.07) is 9.66. The van der Waals surface area contributed by atoms with E-state index < -0.39 is 0 Å². The van der Waals surface area contributed by atoms with Gasteiger partial charge in [0, 0.05) is 11.4 Å². The number of anilines is 1. The van der Waals surface area contributed by atoms with Crippen LogP contribution in [0.25, 0.3) is 0 Å². The number of amides is 2. The molecule has 2 aromatic rings. The van der Waals surface area contributed by atoms with Crippen LogP contribution < -0.4 is 15.4 Å². The molecule has 0 saturated carbocycles. The number of urea groups is 1. The van der Waals surface area contributed by atoms with E-state index in [-0.39, 0.29) is 6.03 Å². The van der Waals surface area contributed by atoms with Crippen LogP contribution >= 0.6 is 11.3 Å². The third kappa shape index (κ3) is 5.07. The van der Waals surface area contributed by atoms with Gasteiger partial charge in [0.2, 0.25) is 0 Å². The molecule has 0 aliphatic carbocycles. The van der Waals surface area contributed by atoms with Crippen molar-refractivity contribution >= 4 is 23.1 Å². The first kappa shape index (κ1) is 16.4. The Bertz CT molecular complexity index is 597. The minimum Gasteiger partial charge on any atom is -0.491 e. The van der Waals surface area contributed by atoms with Crippen molar-refractivity contribution in [1.29, 1.82) is 0 Å². The van der Waals surface area contributed by atoms with Crippen molar-refractivity contribution in [3.05, 3.63) is 46.2 Å². The molecule has 2 rings (SSSR count). The van der Waals surface area contributed by atoms with Crippen molar-refractivity contribution in [2.24, 2.45) is 0 Å². The molecule has 0 aliphatic heterocycles. The van der Waals surface area contributed by atoms with Gasteiger partial charge in [0.1, 0.15) is 5.75 Å². The summed E-state index contributed by atoms with van der Waals surface area (Å²) in [4.78, 5) is 13.2. The van der Waals surface area contributed by atoms with Crippen LogP contribution in [-0.4, -0.2) is 19.2 Å². The molecule has 0 spiro atoms. The van der Waals surface area contributed by atoms with Crippen LogP contribution in [0.4, 0.5) is 10.5 Å². The topological polar surface area (TPSA) is 50.4 Å². The third-order valence-electron chi connectivity index (χ3n) is 3.08. The fourth-order valence-electron chi connectivity index (χ4n) is 1.98. The number of nitrogens with one attached hydrogen (secondary N) is 2. The normalized spacial score (nSPS) is 10.3. The van der Waals surface area contributed by atoms with Gasteiger partial charge in [-0.25, -0.2) is 4.79 Å². The second-order valence-corrected chi connectivity index (χ2v) is 6.09. The van der Waals surface area contributed by atoms with E-state index in [9.17, 15) is 4.79 Å². The fraction of sp³-hybridized carbons (Fsp3) is 0.353. The van der Waals surface area contributed by atoms with Crippen LogP contribution in [0.5, 0.6) is 5.75 Å². The predicted octanol–water partition coefficient (Wildman–Crippen LogP) is 4.21. The van der Waals surface area contributed by atoms with E-state index in [1.807, 2.05) is 36.6 Å². The zero-order valence-electron chi connectivity index (χ0n) is 13.0. The molecule has 4 nitrogen and oxygen atoms in total. The number of hydrogen-bond donors (Lipinski definition) is 2. The number of rotatable bonds is 7. The number of carbonyl (C=O) groups excluding carboxylic acids is 1. The molecule has 0 bridgehead atoms. The van der Waals surface area contributed by atoms with Crippen molar-refractivity contribution in [1.82, 2.24) is 5.32 Å². The summed E-state index contributed by atoms with van der Waals surface area (Å²) in [7, 11) is 0. The number of carbonyl (C=O) groups is 1. The maximum Gasteiger partial charge on any atom is 0.319 e. The smallest absolute Gasteiger partial charge is 0.319 e. The molecule has 0 unspecified atom stereocenters. The van der Waals surface area contributed by atoms with Gasteiger partial charge in [-0.05, 0) is 48.9 Å². The molecular formula is C17H22N2O2S. The van der Waals surface area contributed by atoms with Gasteiger partial charge < -0.3 is 15.4 Å². The Hall–Kier alpha value is -2.01. The molecule has 0 fully saturated rings. The number of ether oxygens (including phenoxy) is 1. The zero-order chi connectivity index (χ0) is 15.8. The average Bonchev–Trinajstić information content (AvgIpc) is 3.01. The maximum absolute atomic E-state index is 12.0. The first-order chi connectivity index (χ1) is 10.7. The number of thiophene rings is 1. The highest BCUT2D eigenvalue weighted by Gasteiger charge is 2.08. The molecule has 0 saturated heterocycles. The minimum atomic E-state index is -0.207. The molecule has 0 atom stereocenters. The summed E-state index contributed by atoms with van der Waals surface area (Å²) >= 11 is 1.70. The number of aryl methyl sites for hydroxylation is 1. The second-order valence-electron chi connectivity index (χ2n) is 5.06. The Labute approximate surface area is 135 Å². The van der Waals surface area contributed by atoms with E-state index in [1.54, 1.807) is 11.3 Å². The second kappa shape index (κ2) is 8.44. The number of hydrogen-bond acceptors (Lipinski definition) is 3. The maximum atomic E-state index is 12.0. The van der Waals surface area contributed by atoms with Crippen molar-refractivity contribution in [3.63, 3.8) is 0 Å². The molecule has 1 heterocycles. The molecule has 118 valence electrons. The lowest BCUT2D eigenvalue weighted by Crippen LogP contribution is -2.30. The van der Waals surface area contributed by atoms with Gasteiger partial charge in [0.15, 0.2) is 0 Å². The van der Waals surface area contributed by atoms with E-state index in [1.165, 1.54) is 4.88 Å². The lowest BCUT2D eigenvalue weighted by atomic mass is 10.2. The average molecular weight is 318 g/mol. The predicted molar refractivity (Wildman–Crippen MR) is 92.0 cm³/mol. The quantitative estimate of drug-likeness (QED) is 0.803. The van der Waals surface area contributed by atoms with Gasteiger partial charge in [-0.15, -0.1) is 11.3 Å². The Morgan fingerprint density at radius 1 is 1.32 bits per heavy atom. The standard InChI is InChI=1S/C17H22N2O2S/c1-3-10-21-16-12-13(2)6-7-15(16)19-17(20)18-9-8-14-5-4-11-22-14/h4-7,11-12H,3,8-10H2,1-2H3,(H2,18,19,20). The lowest BCUT2D eigenvalue weighted by molar-refractivity contribution is 0.252. The van der Waals surface area contributed by atoms with Gasteiger partial charge in [-0.3, -0.25) is 0 Å². The van der Waals surface area contributed by atoms with E-state index in [4.69, 9.17) is 4.74 Å². The van der Waals surface area contributed by atoms with E-state index in [2.05, 4.69) is 23.6 Å². The van der Waals surface area contributed by atoms with E-state index in [0.29, 0.717) is 18.8 Å². The van der Waals surface area contributed by atoms with Crippen molar-refractivity contribution < 1.29 is 9.53 Å². The zero-order valence-corrected chi connectivity index (χ0v) is 13.8. The minimum absolute atomic E-state index is 0.207. The number of benzene rings is 1. The van der Waals surface area contributed by atoms with Crippen molar-refractivity contribution in [2.45, 2.75) is 26.7 Å².